The van der Waals surface area contributed by atoms with Gasteiger partial charge in [0.25, 0.3) is 5.91 Å². The summed E-state index contributed by atoms with van der Waals surface area (Å²) in [5, 5.41) is 2.80. The molecule has 1 aliphatic rings. The van der Waals surface area contributed by atoms with Crippen LogP contribution in [0.3, 0.4) is 0 Å². The second-order valence-corrected chi connectivity index (χ2v) is 9.00. The molecule has 7 nitrogen and oxygen atoms in total. The first kappa shape index (κ1) is 22.1. The summed E-state index contributed by atoms with van der Waals surface area (Å²) in [6.45, 7) is 4.45. The first-order valence-corrected chi connectivity index (χ1v) is 11.7. The number of ether oxygens (including phenoxy) is 2. The van der Waals surface area contributed by atoms with Crippen molar-refractivity contribution in [3.05, 3.63) is 54.1 Å². The van der Waals surface area contributed by atoms with Crippen molar-refractivity contribution < 1.29 is 22.7 Å². The van der Waals surface area contributed by atoms with E-state index in [0.29, 0.717) is 37.6 Å². The molecule has 1 fully saturated rings. The number of sulfonamides is 1. The van der Waals surface area contributed by atoms with Crippen LogP contribution >= 0.6 is 0 Å². The van der Waals surface area contributed by atoms with E-state index in [1.54, 1.807) is 48.5 Å². The van der Waals surface area contributed by atoms with E-state index in [-0.39, 0.29) is 17.4 Å². The Labute approximate surface area is 178 Å². The number of amides is 1. The summed E-state index contributed by atoms with van der Waals surface area (Å²) in [5.74, 6) is 1.11. The lowest BCUT2D eigenvalue weighted by atomic mass is 10.2. The van der Waals surface area contributed by atoms with E-state index in [9.17, 15) is 13.2 Å². The maximum absolute atomic E-state index is 12.5. The van der Waals surface area contributed by atoms with Crippen LogP contribution in [0.1, 0.15) is 36.5 Å². The summed E-state index contributed by atoms with van der Waals surface area (Å²) < 4.78 is 37.7. The number of carbonyl (C=O) groups is 1. The van der Waals surface area contributed by atoms with Crippen LogP contribution in [0.2, 0.25) is 0 Å². The molecule has 1 aliphatic heterocycles. The highest BCUT2D eigenvalue weighted by molar-refractivity contribution is 7.89. The quantitative estimate of drug-likeness (QED) is 0.583. The van der Waals surface area contributed by atoms with Gasteiger partial charge in [0.1, 0.15) is 18.1 Å². The Morgan fingerprint density at radius 2 is 1.50 bits per heavy atom. The van der Waals surface area contributed by atoms with Crippen molar-refractivity contribution in [2.45, 2.75) is 31.1 Å². The Morgan fingerprint density at radius 1 is 0.933 bits per heavy atom. The molecular formula is C22H28N2O5S. The van der Waals surface area contributed by atoms with E-state index >= 15 is 0 Å². The molecule has 0 atom stereocenters. The summed E-state index contributed by atoms with van der Waals surface area (Å²) >= 11 is 0. The van der Waals surface area contributed by atoms with Crippen LogP contribution in [-0.4, -0.2) is 51.5 Å². The van der Waals surface area contributed by atoms with E-state index < -0.39 is 10.0 Å². The molecule has 0 saturated carbocycles. The van der Waals surface area contributed by atoms with Crippen molar-refractivity contribution in [1.82, 2.24) is 9.62 Å². The highest BCUT2D eigenvalue weighted by Gasteiger charge is 2.26. The van der Waals surface area contributed by atoms with Crippen molar-refractivity contribution in [2.75, 3.05) is 32.8 Å². The standard InChI is InChI=1S/C22H28N2O5S/c1-2-16-28-19-7-5-18(6-8-19)22(25)23-13-17-29-20-9-11-21(12-10-20)30(26,27)24-14-3-4-15-24/h5-12H,2-4,13-17H2,1H3,(H,23,25). The van der Waals surface area contributed by atoms with E-state index in [1.165, 1.54) is 4.31 Å². The Bertz CT molecular complexity index is 921. The molecule has 3 rings (SSSR count). The Morgan fingerprint density at radius 3 is 2.10 bits per heavy atom. The monoisotopic (exact) mass is 432 g/mol. The third-order valence-electron chi connectivity index (χ3n) is 4.77. The molecule has 162 valence electrons. The SMILES string of the molecule is CCCOc1ccc(C(=O)NCCOc2ccc(S(=O)(=O)N3CCCC3)cc2)cc1. The second kappa shape index (κ2) is 10.4. The van der Waals surface area contributed by atoms with Gasteiger partial charge >= 0.3 is 0 Å². The number of benzene rings is 2. The van der Waals surface area contributed by atoms with E-state index in [4.69, 9.17) is 9.47 Å². The van der Waals surface area contributed by atoms with Gasteiger partial charge in [0, 0.05) is 18.7 Å². The largest absolute Gasteiger partial charge is 0.494 e. The highest BCUT2D eigenvalue weighted by Crippen LogP contribution is 2.22. The number of carbonyl (C=O) groups excluding carboxylic acids is 1. The van der Waals surface area contributed by atoms with Gasteiger partial charge in [-0.1, -0.05) is 6.92 Å². The van der Waals surface area contributed by atoms with Crippen LogP contribution in [-0.2, 0) is 10.0 Å². The minimum atomic E-state index is -3.42. The third-order valence-corrected chi connectivity index (χ3v) is 6.69. The lowest BCUT2D eigenvalue weighted by Gasteiger charge is -2.15. The molecule has 0 radical (unpaired) electrons. The molecule has 1 N–H and O–H groups in total. The lowest BCUT2D eigenvalue weighted by Crippen LogP contribution is -2.28. The first-order chi connectivity index (χ1) is 14.5. The van der Waals surface area contributed by atoms with Gasteiger partial charge in [0.05, 0.1) is 18.0 Å². The summed E-state index contributed by atoms with van der Waals surface area (Å²) in [7, 11) is -3.42. The molecule has 2 aromatic carbocycles. The Balaban J connectivity index is 1.43. The van der Waals surface area contributed by atoms with Crippen LogP contribution in [0.25, 0.3) is 0 Å². The van der Waals surface area contributed by atoms with Crippen LogP contribution in [0.15, 0.2) is 53.4 Å². The normalized spacial score (nSPS) is 14.4. The molecule has 1 heterocycles. The number of nitrogens with zero attached hydrogens (tertiary/aromatic N) is 1. The van der Waals surface area contributed by atoms with Crippen molar-refractivity contribution in [3.8, 4) is 11.5 Å². The van der Waals surface area contributed by atoms with Gasteiger partial charge in [-0.2, -0.15) is 4.31 Å². The molecule has 0 aliphatic carbocycles. The zero-order valence-electron chi connectivity index (χ0n) is 17.2. The molecule has 1 saturated heterocycles. The molecule has 0 aromatic heterocycles. The number of nitrogens with one attached hydrogen (secondary N) is 1. The Kier molecular flexibility index (Phi) is 7.70. The van der Waals surface area contributed by atoms with Crippen LogP contribution in [0.5, 0.6) is 11.5 Å². The van der Waals surface area contributed by atoms with Gasteiger partial charge in [-0.05, 0) is 67.8 Å². The summed E-state index contributed by atoms with van der Waals surface area (Å²) in [6, 6.07) is 13.4. The van der Waals surface area contributed by atoms with Crippen molar-refractivity contribution in [3.63, 3.8) is 0 Å². The zero-order valence-corrected chi connectivity index (χ0v) is 18.0. The van der Waals surface area contributed by atoms with Crippen molar-refractivity contribution in [1.29, 1.82) is 0 Å². The van der Waals surface area contributed by atoms with E-state index in [1.807, 2.05) is 6.92 Å². The van der Waals surface area contributed by atoms with E-state index in [0.717, 1.165) is 25.0 Å². The zero-order chi connectivity index (χ0) is 21.4. The number of hydrogen-bond acceptors (Lipinski definition) is 5. The summed E-state index contributed by atoms with van der Waals surface area (Å²) in [5.41, 5.74) is 0.551. The smallest absolute Gasteiger partial charge is 0.251 e. The van der Waals surface area contributed by atoms with Gasteiger partial charge in [-0.25, -0.2) is 8.42 Å². The van der Waals surface area contributed by atoms with Gasteiger partial charge in [-0.15, -0.1) is 0 Å². The third kappa shape index (κ3) is 5.73. The first-order valence-electron chi connectivity index (χ1n) is 10.2. The molecule has 8 heteroatoms. The topological polar surface area (TPSA) is 84.9 Å². The average molecular weight is 433 g/mol. The fourth-order valence-electron chi connectivity index (χ4n) is 3.14. The maximum Gasteiger partial charge on any atom is 0.251 e. The van der Waals surface area contributed by atoms with Crippen LogP contribution < -0.4 is 14.8 Å². The van der Waals surface area contributed by atoms with Crippen molar-refractivity contribution >= 4 is 15.9 Å². The van der Waals surface area contributed by atoms with Gasteiger partial charge < -0.3 is 14.8 Å². The molecule has 0 unspecified atom stereocenters. The molecule has 0 spiro atoms. The average Bonchev–Trinajstić information content (AvgIpc) is 3.32. The summed E-state index contributed by atoms with van der Waals surface area (Å²) in [4.78, 5) is 12.5. The molecule has 1 amide bonds. The van der Waals surface area contributed by atoms with E-state index in [2.05, 4.69) is 5.32 Å². The van der Waals surface area contributed by atoms with Crippen LogP contribution in [0, 0.1) is 0 Å². The Hall–Kier alpha value is -2.58. The minimum Gasteiger partial charge on any atom is -0.494 e. The fourth-order valence-corrected chi connectivity index (χ4v) is 4.66. The molecule has 2 aromatic rings. The second-order valence-electron chi connectivity index (χ2n) is 7.06. The number of hydrogen-bond donors (Lipinski definition) is 1. The fraction of sp³-hybridized carbons (Fsp3) is 0.409. The lowest BCUT2D eigenvalue weighted by molar-refractivity contribution is 0.0947. The van der Waals surface area contributed by atoms with Crippen molar-refractivity contribution in [2.24, 2.45) is 0 Å². The maximum atomic E-state index is 12.5. The van der Waals surface area contributed by atoms with Gasteiger partial charge in [-0.3, -0.25) is 4.79 Å². The predicted octanol–water partition coefficient (Wildman–Crippen LogP) is 3.07. The van der Waals surface area contributed by atoms with Gasteiger partial charge in [0.2, 0.25) is 10.0 Å². The highest BCUT2D eigenvalue weighted by atomic mass is 32.2. The number of rotatable bonds is 10. The molecule has 0 bridgehead atoms. The predicted molar refractivity (Wildman–Crippen MR) is 114 cm³/mol. The molecule has 30 heavy (non-hydrogen) atoms. The van der Waals surface area contributed by atoms with Gasteiger partial charge in [0.15, 0.2) is 0 Å². The van der Waals surface area contributed by atoms with Crippen LogP contribution in [0.4, 0.5) is 0 Å². The molecular weight excluding hydrogens is 404 g/mol. The summed E-state index contributed by atoms with van der Waals surface area (Å²) in [6.07, 6.45) is 2.74. The minimum absolute atomic E-state index is 0.187.